The third-order valence-corrected chi connectivity index (χ3v) is 1.70. The first-order chi connectivity index (χ1) is 5.43. The summed E-state index contributed by atoms with van der Waals surface area (Å²) in [5, 5.41) is 2.79. The third kappa shape index (κ3) is 3.11. The van der Waals surface area contributed by atoms with Crippen LogP contribution in [0.25, 0.3) is 0 Å². The lowest BCUT2D eigenvalue weighted by atomic mass is 10.1. The van der Waals surface area contributed by atoms with Gasteiger partial charge in [-0.25, -0.2) is 4.79 Å². The quantitative estimate of drug-likeness (QED) is 0.677. The molecule has 0 aromatic carbocycles. The highest BCUT2D eigenvalue weighted by Gasteiger charge is 2.23. The molecule has 0 fully saturated rings. The minimum atomic E-state index is -0.0893. The van der Waals surface area contributed by atoms with Crippen LogP contribution in [0, 0.1) is 0 Å². The molecule has 0 saturated carbocycles. The lowest BCUT2D eigenvalue weighted by Gasteiger charge is -2.34. The Bertz CT molecular complexity index is 149. The summed E-state index contributed by atoms with van der Waals surface area (Å²) in [5.74, 6) is 0. The van der Waals surface area contributed by atoms with Gasteiger partial charge in [-0.15, -0.1) is 0 Å². The molecule has 0 atom stereocenters. The molecule has 0 aromatic heterocycles. The van der Waals surface area contributed by atoms with Crippen molar-refractivity contribution in [2.75, 3.05) is 13.1 Å². The molecule has 72 valence electrons. The lowest BCUT2D eigenvalue weighted by Crippen LogP contribution is -2.50. The normalized spacial score (nSPS) is 11.1. The van der Waals surface area contributed by atoms with Gasteiger partial charge in [-0.1, -0.05) is 0 Å². The van der Waals surface area contributed by atoms with E-state index in [0.717, 1.165) is 6.54 Å². The second kappa shape index (κ2) is 4.33. The molecule has 1 N–H and O–H groups in total. The van der Waals surface area contributed by atoms with E-state index in [-0.39, 0.29) is 11.6 Å². The molecule has 0 aromatic rings. The average molecular weight is 172 g/mol. The first kappa shape index (κ1) is 11.3. The zero-order chi connectivity index (χ0) is 9.78. The van der Waals surface area contributed by atoms with E-state index >= 15 is 0 Å². The summed E-state index contributed by atoms with van der Waals surface area (Å²) in [6, 6.07) is 0.0208. The van der Waals surface area contributed by atoms with Crippen molar-refractivity contribution in [3.63, 3.8) is 0 Å². The molecule has 0 spiro atoms. The van der Waals surface area contributed by atoms with E-state index in [1.807, 2.05) is 39.5 Å². The van der Waals surface area contributed by atoms with Gasteiger partial charge in [0.05, 0.1) is 0 Å². The molecule has 0 saturated heterocycles. The fourth-order valence-electron chi connectivity index (χ4n) is 1.17. The number of amides is 2. The van der Waals surface area contributed by atoms with Crippen LogP contribution in [0.15, 0.2) is 0 Å². The summed E-state index contributed by atoms with van der Waals surface area (Å²) in [6.45, 7) is 11.4. The number of hydrogen-bond donors (Lipinski definition) is 1. The monoisotopic (exact) mass is 172 g/mol. The number of hydrogen-bond acceptors (Lipinski definition) is 1. The van der Waals surface area contributed by atoms with Crippen molar-refractivity contribution in [2.24, 2.45) is 0 Å². The number of rotatable bonds is 2. The Balaban J connectivity index is 4.25. The summed E-state index contributed by atoms with van der Waals surface area (Å²) in [5.41, 5.74) is -0.0893. The van der Waals surface area contributed by atoms with E-state index < -0.39 is 0 Å². The van der Waals surface area contributed by atoms with Crippen molar-refractivity contribution in [3.8, 4) is 0 Å². The third-order valence-electron chi connectivity index (χ3n) is 1.70. The van der Waals surface area contributed by atoms with Crippen LogP contribution in [0.2, 0.25) is 0 Å². The molecule has 0 bridgehead atoms. The van der Waals surface area contributed by atoms with E-state index in [1.165, 1.54) is 0 Å². The molecular weight excluding hydrogens is 152 g/mol. The lowest BCUT2D eigenvalue weighted by molar-refractivity contribution is 0.150. The van der Waals surface area contributed by atoms with Crippen LogP contribution in [0.5, 0.6) is 0 Å². The van der Waals surface area contributed by atoms with E-state index in [2.05, 4.69) is 5.32 Å². The highest BCUT2D eigenvalue weighted by Crippen LogP contribution is 2.12. The van der Waals surface area contributed by atoms with Gasteiger partial charge in [-0.05, 0) is 34.6 Å². The fourth-order valence-corrected chi connectivity index (χ4v) is 1.17. The van der Waals surface area contributed by atoms with Gasteiger partial charge in [0.2, 0.25) is 0 Å². The van der Waals surface area contributed by atoms with Crippen molar-refractivity contribution in [1.82, 2.24) is 10.2 Å². The summed E-state index contributed by atoms with van der Waals surface area (Å²) in [4.78, 5) is 13.3. The van der Waals surface area contributed by atoms with Gasteiger partial charge in [0.15, 0.2) is 0 Å². The second-order valence-corrected chi connectivity index (χ2v) is 3.75. The van der Waals surface area contributed by atoms with Crippen LogP contribution < -0.4 is 5.32 Å². The molecule has 0 heterocycles. The number of nitrogens with zero attached hydrogens (tertiary/aromatic N) is 1. The molecule has 0 radical (unpaired) electrons. The number of carbonyl (C=O) groups excluding carboxylic acids is 1. The van der Waals surface area contributed by atoms with Crippen LogP contribution in [0.3, 0.4) is 0 Å². The second-order valence-electron chi connectivity index (χ2n) is 3.75. The maximum Gasteiger partial charge on any atom is 0.317 e. The Labute approximate surface area is 75.1 Å². The summed E-state index contributed by atoms with van der Waals surface area (Å²) in [7, 11) is 0. The predicted octanol–water partition coefficient (Wildman–Crippen LogP) is 1.84. The van der Waals surface area contributed by atoms with Gasteiger partial charge >= 0.3 is 6.03 Å². The largest absolute Gasteiger partial charge is 0.338 e. The van der Waals surface area contributed by atoms with Crippen LogP contribution >= 0.6 is 0 Å². The highest BCUT2D eigenvalue weighted by molar-refractivity contribution is 5.74. The van der Waals surface area contributed by atoms with Crippen LogP contribution in [0.4, 0.5) is 4.79 Å². The summed E-state index contributed by atoms with van der Waals surface area (Å²) >= 11 is 0. The number of urea groups is 1. The smallest absolute Gasteiger partial charge is 0.317 e. The van der Waals surface area contributed by atoms with Gasteiger partial charge in [0.1, 0.15) is 0 Å². The van der Waals surface area contributed by atoms with Crippen LogP contribution in [-0.4, -0.2) is 29.6 Å². The topological polar surface area (TPSA) is 32.3 Å². The first-order valence-electron chi connectivity index (χ1n) is 4.49. The first-order valence-corrected chi connectivity index (χ1v) is 4.49. The van der Waals surface area contributed by atoms with Crippen molar-refractivity contribution >= 4 is 6.03 Å². The van der Waals surface area contributed by atoms with E-state index in [4.69, 9.17) is 0 Å². The number of carbonyl (C=O) groups is 1. The molecule has 0 unspecified atom stereocenters. The van der Waals surface area contributed by atoms with E-state index in [9.17, 15) is 4.79 Å². The van der Waals surface area contributed by atoms with Crippen LogP contribution in [0.1, 0.15) is 34.6 Å². The fraction of sp³-hybridized carbons (Fsp3) is 0.889. The minimum absolute atomic E-state index is 0.0208. The zero-order valence-corrected chi connectivity index (χ0v) is 8.77. The summed E-state index contributed by atoms with van der Waals surface area (Å²) in [6.07, 6.45) is 0. The maximum atomic E-state index is 11.4. The van der Waals surface area contributed by atoms with Crippen molar-refractivity contribution in [2.45, 2.75) is 40.2 Å². The Hall–Kier alpha value is -0.730. The Morgan fingerprint density at radius 2 is 1.83 bits per heavy atom. The molecule has 0 aliphatic rings. The molecule has 2 amide bonds. The van der Waals surface area contributed by atoms with Gasteiger partial charge in [0, 0.05) is 18.6 Å². The molecule has 0 aliphatic heterocycles. The average Bonchev–Trinajstić information content (AvgIpc) is 1.85. The van der Waals surface area contributed by atoms with Crippen molar-refractivity contribution < 1.29 is 4.79 Å². The minimum Gasteiger partial charge on any atom is -0.338 e. The molecule has 0 aliphatic carbocycles. The molecule has 12 heavy (non-hydrogen) atoms. The predicted molar refractivity (Wildman–Crippen MR) is 51.2 cm³/mol. The van der Waals surface area contributed by atoms with Gasteiger partial charge in [0.25, 0.3) is 0 Å². The van der Waals surface area contributed by atoms with Gasteiger partial charge < -0.3 is 10.2 Å². The maximum absolute atomic E-state index is 11.4. The highest BCUT2D eigenvalue weighted by atomic mass is 16.2. The van der Waals surface area contributed by atoms with E-state index in [1.54, 1.807) is 0 Å². The molecule has 3 heteroatoms. The Kier molecular flexibility index (Phi) is 4.07. The van der Waals surface area contributed by atoms with Crippen molar-refractivity contribution in [1.29, 1.82) is 0 Å². The molecule has 3 nitrogen and oxygen atoms in total. The Morgan fingerprint density at radius 3 is 2.08 bits per heavy atom. The standard InChI is InChI=1S/C9H20N2O/c1-6-10-8(12)11(7-2)9(3,4)5/h6-7H2,1-5H3,(H,10,12). The number of nitrogens with one attached hydrogen (secondary N) is 1. The molecular formula is C9H20N2O. The Morgan fingerprint density at radius 1 is 1.33 bits per heavy atom. The molecule has 0 rings (SSSR count). The van der Waals surface area contributed by atoms with Crippen molar-refractivity contribution in [3.05, 3.63) is 0 Å². The SMILES string of the molecule is CCNC(=O)N(CC)C(C)(C)C. The van der Waals surface area contributed by atoms with Crippen LogP contribution in [-0.2, 0) is 0 Å². The van der Waals surface area contributed by atoms with Gasteiger partial charge in [-0.3, -0.25) is 0 Å². The van der Waals surface area contributed by atoms with Gasteiger partial charge in [-0.2, -0.15) is 0 Å². The zero-order valence-electron chi connectivity index (χ0n) is 8.77. The van der Waals surface area contributed by atoms with E-state index in [0.29, 0.717) is 6.54 Å². The summed E-state index contributed by atoms with van der Waals surface area (Å²) < 4.78 is 0.